The van der Waals surface area contributed by atoms with E-state index in [1.165, 1.54) is 11.0 Å². The first kappa shape index (κ1) is 18.9. The predicted octanol–water partition coefficient (Wildman–Crippen LogP) is 0.194. The Bertz CT molecular complexity index is 470. The summed E-state index contributed by atoms with van der Waals surface area (Å²) in [5.74, 6) is -0.629. The number of nitrogens with zero attached hydrogens (tertiary/aromatic N) is 1. The van der Waals surface area contributed by atoms with Crippen molar-refractivity contribution >= 4 is 17.7 Å². The van der Waals surface area contributed by atoms with Gasteiger partial charge in [-0.05, 0) is 6.08 Å². The molecule has 1 rings (SSSR count). The molecular formula is C16H25N3O4. The van der Waals surface area contributed by atoms with Gasteiger partial charge in [-0.15, -0.1) is 0 Å². The number of rotatable bonds is 10. The van der Waals surface area contributed by atoms with Gasteiger partial charge in [-0.1, -0.05) is 20.4 Å². The largest absolute Gasteiger partial charge is 0.378 e. The predicted molar refractivity (Wildman–Crippen MR) is 86.3 cm³/mol. The summed E-state index contributed by atoms with van der Waals surface area (Å²) in [6.45, 7) is 9.24. The van der Waals surface area contributed by atoms with E-state index in [9.17, 15) is 14.4 Å². The Morgan fingerprint density at radius 1 is 1.26 bits per heavy atom. The maximum atomic E-state index is 11.9. The lowest BCUT2D eigenvalue weighted by atomic mass is 10.1. The fourth-order valence-electron chi connectivity index (χ4n) is 1.96. The minimum absolute atomic E-state index is 0.0109. The molecule has 1 aliphatic heterocycles. The molecule has 0 aromatic heterocycles. The number of hydrogen-bond donors (Lipinski definition) is 2. The van der Waals surface area contributed by atoms with Gasteiger partial charge in [0.05, 0.1) is 19.1 Å². The molecule has 7 heteroatoms. The normalized spacial score (nSPS) is 15.0. The Balaban J connectivity index is 2.10. The molecule has 0 aromatic rings. The zero-order valence-corrected chi connectivity index (χ0v) is 13.8. The van der Waals surface area contributed by atoms with Crippen molar-refractivity contribution in [2.75, 3.05) is 32.8 Å². The van der Waals surface area contributed by atoms with E-state index in [1.807, 2.05) is 0 Å². The van der Waals surface area contributed by atoms with Crippen molar-refractivity contribution in [2.24, 2.45) is 5.92 Å². The molecule has 0 aromatic carbocycles. The maximum absolute atomic E-state index is 11.9. The molecule has 0 fully saturated rings. The lowest BCUT2D eigenvalue weighted by Gasteiger charge is -2.21. The third-order valence-corrected chi connectivity index (χ3v) is 3.37. The Morgan fingerprint density at radius 2 is 1.91 bits per heavy atom. The van der Waals surface area contributed by atoms with E-state index in [0.29, 0.717) is 45.0 Å². The van der Waals surface area contributed by atoms with Crippen molar-refractivity contribution in [3.8, 4) is 0 Å². The number of carbonyl (C=O) groups is 3. The number of amides is 3. The molecule has 0 saturated carbocycles. The average molecular weight is 323 g/mol. The number of hydrogen-bond acceptors (Lipinski definition) is 4. The standard InChI is InChI=1S/C16H25N3O4/c1-4-14(20)17-7-9-23-10-8-18-16(22)12(2)11-19-13(3)5-6-15(19)21/h5-6,12H,3-4,7-11H2,1-2H3,(H,17,20)(H,18,22). The summed E-state index contributed by atoms with van der Waals surface area (Å²) in [4.78, 5) is 36.0. The summed E-state index contributed by atoms with van der Waals surface area (Å²) in [7, 11) is 0. The molecule has 1 heterocycles. The van der Waals surface area contributed by atoms with Gasteiger partial charge in [-0.3, -0.25) is 14.4 Å². The quantitative estimate of drug-likeness (QED) is 0.562. The summed E-state index contributed by atoms with van der Waals surface area (Å²) in [6.07, 6.45) is 3.53. The van der Waals surface area contributed by atoms with E-state index < -0.39 is 0 Å². The monoisotopic (exact) mass is 323 g/mol. The second kappa shape index (κ2) is 9.78. The summed E-state index contributed by atoms with van der Waals surface area (Å²) in [6, 6.07) is 0. The SMILES string of the molecule is C=C1C=CC(=O)N1CC(C)C(=O)NCCOCCNC(=O)CC. The van der Waals surface area contributed by atoms with Crippen LogP contribution in [0.15, 0.2) is 24.4 Å². The van der Waals surface area contributed by atoms with Crippen molar-refractivity contribution in [2.45, 2.75) is 20.3 Å². The van der Waals surface area contributed by atoms with Gasteiger partial charge in [0.2, 0.25) is 11.8 Å². The maximum Gasteiger partial charge on any atom is 0.251 e. The fourth-order valence-corrected chi connectivity index (χ4v) is 1.96. The average Bonchev–Trinajstić information content (AvgIpc) is 2.85. The molecule has 0 saturated heterocycles. The lowest BCUT2D eigenvalue weighted by Crippen LogP contribution is -2.39. The van der Waals surface area contributed by atoms with Gasteiger partial charge in [0.15, 0.2) is 0 Å². The summed E-state index contributed by atoms with van der Waals surface area (Å²) in [5, 5.41) is 5.45. The molecule has 128 valence electrons. The molecule has 23 heavy (non-hydrogen) atoms. The van der Waals surface area contributed by atoms with E-state index >= 15 is 0 Å². The Hall–Kier alpha value is -2.15. The van der Waals surface area contributed by atoms with Crippen LogP contribution in [0.2, 0.25) is 0 Å². The van der Waals surface area contributed by atoms with Crippen LogP contribution in [0.1, 0.15) is 20.3 Å². The van der Waals surface area contributed by atoms with Crippen LogP contribution in [-0.2, 0) is 19.1 Å². The Labute approximate surface area is 136 Å². The molecule has 0 aliphatic carbocycles. The number of allylic oxidation sites excluding steroid dienone is 1. The number of ether oxygens (including phenoxy) is 1. The van der Waals surface area contributed by atoms with E-state index in [0.717, 1.165) is 0 Å². The van der Waals surface area contributed by atoms with Crippen LogP contribution in [0.25, 0.3) is 0 Å². The summed E-state index contributed by atoms with van der Waals surface area (Å²) >= 11 is 0. The molecule has 1 unspecified atom stereocenters. The van der Waals surface area contributed by atoms with Crippen LogP contribution in [-0.4, -0.2) is 55.5 Å². The van der Waals surface area contributed by atoms with Gasteiger partial charge >= 0.3 is 0 Å². The smallest absolute Gasteiger partial charge is 0.251 e. The third-order valence-electron chi connectivity index (χ3n) is 3.37. The highest BCUT2D eigenvalue weighted by molar-refractivity contribution is 5.93. The van der Waals surface area contributed by atoms with Crippen LogP contribution in [0.5, 0.6) is 0 Å². The van der Waals surface area contributed by atoms with Crippen molar-refractivity contribution in [3.63, 3.8) is 0 Å². The second-order valence-electron chi connectivity index (χ2n) is 5.28. The zero-order valence-electron chi connectivity index (χ0n) is 13.8. The van der Waals surface area contributed by atoms with Gasteiger partial charge < -0.3 is 20.3 Å². The highest BCUT2D eigenvalue weighted by Crippen LogP contribution is 2.15. The molecule has 3 amide bonds. The highest BCUT2D eigenvalue weighted by atomic mass is 16.5. The van der Waals surface area contributed by atoms with Crippen molar-refractivity contribution in [1.29, 1.82) is 0 Å². The third kappa shape index (κ3) is 6.65. The molecule has 1 atom stereocenters. The van der Waals surface area contributed by atoms with Gasteiger partial charge in [0.1, 0.15) is 0 Å². The van der Waals surface area contributed by atoms with E-state index in [1.54, 1.807) is 19.9 Å². The first-order valence-electron chi connectivity index (χ1n) is 7.76. The first-order chi connectivity index (χ1) is 11.0. The lowest BCUT2D eigenvalue weighted by molar-refractivity contribution is -0.127. The number of nitrogens with one attached hydrogen (secondary N) is 2. The van der Waals surface area contributed by atoms with Gasteiger partial charge in [0.25, 0.3) is 5.91 Å². The fraction of sp³-hybridized carbons (Fsp3) is 0.562. The van der Waals surface area contributed by atoms with Crippen LogP contribution in [0, 0.1) is 5.92 Å². The van der Waals surface area contributed by atoms with Crippen LogP contribution in [0.4, 0.5) is 0 Å². The van der Waals surface area contributed by atoms with Crippen molar-refractivity contribution < 1.29 is 19.1 Å². The molecule has 1 aliphatic rings. The van der Waals surface area contributed by atoms with Gasteiger partial charge in [-0.2, -0.15) is 0 Å². The van der Waals surface area contributed by atoms with Crippen molar-refractivity contribution in [1.82, 2.24) is 15.5 Å². The van der Waals surface area contributed by atoms with Gasteiger partial charge in [-0.25, -0.2) is 0 Å². The van der Waals surface area contributed by atoms with Gasteiger partial charge in [0, 0.05) is 37.8 Å². The minimum Gasteiger partial charge on any atom is -0.378 e. The molecule has 7 nitrogen and oxygen atoms in total. The highest BCUT2D eigenvalue weighted by Gasteiger charge is 2.23. The molecule has 0 bridgehead atoms. The van der Waals surface area contributed by atoms with Crippen LogP contribution >= 0.6 is 0 Å². The first-order valence-corrected chi connectivity index (χ1v) is 7.76. The second-order valence-corrected chi connectivity index (χ2v) is 5.28. The molecule has 0 spiro atoms. The Kier molecular flexibility index (Phi) is 8.04. The van der Waals surface area contributed by atoms with Crippen molar-refractivity contribution in [3.05, 3.63) is 24.4 Å². The molecular weight excluding hydrogens is 298 g/mol. The zero-order chi connectivity index (χ0) is 17.2. The summed E-state index contributed by atoms with van der Waals surface area (Å²) < 4.78 is 5.31. The molecule has 2 N–H and O–H groups in total. The van der Waals surface area contributed by atoms with E-state index in [4.69, 9.17) is 4.74 Å². The summed E-state index contributed by atoms with van der Waals surface area (Å²) in [5.41, 5.74) is 0.604. The van der Waals surface area contributed by atoms with E-state index in [2.05, 4.69) is 17.2 Å². The van der Waals surface area contributed by atoms with Crippen LogP contribution in [0.3, 0.4) is 0 Å². The number of carbonyl (C=O) groups excluding carboxylic acids is 3. The van der Waals surface area contributed by atoms with E-state index in [-0.39, 0.29) is 23.6 Å². The van der Waals surface area contributed by atoms with Crippen LogP contribution < -0.4 is 10.6 Å². The molecule has 0 radical (unpaired) electrons. The topological polar surface area (TPSA) is 87.7 Å². The minimum atomic E-state index is -0.334. The Morgan fingerprint density at radius 3 is 2.48 bits per heavy atom.